The van der Waals surface area contributed by atoms with E-state index < -0.39 is 10.0 Å². The Bertz CT molecular complexity index is 953. The van der Waals surface area contributed by atoms with Gasteiger partial charge in [-0.15, -0.1) is 0 Å². The van der Waals surface area contributed by atoms with Gasteiger partial charge < -0.3 is 5.32 Å². The van der Waals surface area contributed by atoms with Crippen LogP contribution in [-0.2, 0) is 21.4 Å². The molecule has 0 spiro atoms. The lowest BCUT2D eigenvalue weighted by Crippen LogP contribution is -2.43. The predicted octanol–water partition coefficient (Wildman–Crippen LogP) is 5.25. The van der Waals surface area contributed by atoms with E-state index in [1.807, 2.05) is 13.8 Å². The average molecular weight is 522 g/mol. The van der Waals surface area contributed by atoms with Gasteiger partial charge in [0, 0.05) is 27.1 Å². The third-order valence-electron chi connectivity index (χ3n) is 4.26. The highest BCUT2D eigenvalue weighted by molar-refractivity contribution is 9.10. The number of amides is 1. The molecule has 1 N–H and O–H groups in total. The largest absolute Gasteiger partial charge is 0.353 e. The molecule has 9 heteroatoms. The molecule has 0 aliphatic carbocycles. The standard InChI is InChI=1S/C20H23BrCl2N2O3S/c1-3-4-14(2)24-20(26)13-25(12-15-5-8-17(22)11-19(15)23)29(27,28)18-9-6-16(21)7-10-18/h5-11,14H,3-4,12-13H2,1-2H3,(H,24,26)/t14-/m1/s1. The maximum atomic E-state index is 13.2. The smallest absolute Gasteiger partial charge is 0.243 e. The molecule has 1 amide bonds. The molecule has 2 aromatic rings. The fourth-order valence-electron chi connectivity index (χ4n) is 2.81. The molecule has 2 rings (SSSR count). The summed E-state index contributed by atoms with van der Waals surface area (Å²) >= 11 is 15.5. The van der Waals surface area contributed by atoms with E-state index >= 15 is 0 Å². The van der Waals surface area contributed by atoms with Crippen molar-refractivity contribution in [3.63, 3.8) is 0 Å². The molecule has 0 bridgehead atoms. The Morgan fingerprint density at radius 3 is 2.41 bits per heavy atom. The molecule has 0 aromatic heterocycles. The minimum atomic E-state index is -3.93. The van der Waals surface area contributed by atoms with Gasteiger partial charge in [-0.2, -0.15) is 4.31 Å². The SMILES string of the molecule is CCC[C@@H](C)NC(=O)CN(Cc1ccc(Cl)cc1Cl)S(=O)(=O)c1ccc(Br)cc1. The van der Waals surface area contributed by atoms with Gasteiger partial charge >= 0.3 is 0 Å². The molecular formula is C20H23BrCl2N2O3S. The number of sulfonamides is 1. The summed E-state index contributed by atoms with van der Waals surface area (Å²) in [6.07, 6.45) is 1.73. The zero-order valence-electron chi connectivity index (χ0n) is 16.2. The molecule has 0 radical (unpaired) electrons. The zero-order chi connectivity index (χ0) is 21.6. The lowest BCUT2D eigenvalue weighted by molar-refractivity contribution is -0.122. The van der Waals surface area contributed by atoms with Crippen LogP contribution in [0.4, 0.5) is 0 Å². The van der Waals surface area contributed by atoms with Crippen molar-refractivity contribution in [2.45, 2.75) is 44.2 Å². The predicted molar refractivity (Wildman–Crippen MR) is 121 cm³/mol. The molecule has 29 heavy (non-hydrogen) atoms. The Kier molecular flexibility index (Phi) is 8.97. The highest BCUT2D eigenvalue weighted by Crippen LogP contribution is 2.25. The zero-order valence-corrected chi connectivity index (χ0v) is 20.1. The van der Waals surface area contributed by atoms with Crippen molar-refractivity contribution >= 4 is 55.1 Å². The summed E-state index contributed by atoms with van der Waals surface area (Å²) in [5.74, 6) is -0.364. The van der Waals surface area contributed by atoms with E-state index in [4.69, 9.17) is 23.2 Å². The van der Waals surface area contributed by atoms with Gasteiger partial charge in [-0.25, -0.2) is 8.42 Å². The second-order valence-electron chi connectivity index (χ2n) is 6.72. The van der Waals surface area contributed by atoms with Gasteiger partial charge in [0.2, 0.25) is 15.9 Å². The summed E-state index contributed by atoms with van der Waals surface area (Å²) in [4.78, 5) is 12.6. The van der Waals surface area contributed by atoms with Crippen molar-refractivity contribution in [3.05, 3.63) is 62.5 Å². The van der Waals surface area contributed by atoms with Crippen LogP contribution >= 0.6 is 39.1 Å². The first-order valence-corrected chi connectivity index (χ1v) is 12.1. The summed E-state index contributed by atoms with van der Waals surface area (Å²) in [5.41, 5.74) is 0.561. The summed E-state index contributed by atoms with van der Waals surface area (Å²) in [6.45, 7) is 3.55. The van der Waals surface area contributed by atoms with E-state index in [2.05, 4.69) is 21.2 Å². The van der Waals surface area contributed by atoms with Crippen LogP contribution in [0.15, 0.2) is 51.8 Å². The monoisotopic (exact) mass is 520 g/mol. The van der Waals surface area contributed by atoms with Gasteiger partial charge in [-0.3, -0.25) is 4.79 Å². The molecule has 2 aromatic carbocycles. The van der Waals surface area contributed by atoms with Crippen LogP contribution in [0.5, 0.6) is 0 Å². The van der Waals surface area contributed by atoms with Gasteiger partial charge in [0.1, 0.15) is 0 Å². The minimum Gasteiger partial charge on any atom is -0.353 e. The summed E-state index contributed by atoms with van der Waals surface area (Å²) in [5, 5.41) is 3.64. The molecular weight excluding hydrogens is 499 g/mol. The number of hydrogen-bond donors (Lipinski definition) is 1. The van der Waals surface area contributed by atoms with E-state index in [-0.39, 0.29) is 29.9 Å². The number of halogens is 3. The van der Waals surface area contributed by atoms with Crippen LogP contribution in [0.2, 0.25) is 10.0 Å². The summed E-state index contributed by atoms with van der Waals surface area (Å²) < 4.78 is 28.4. The van der Waals surface area contributed by atoms with Crippen LogP contribution in [0.3, 0.4) is 0 Å². The summed E-state index contributed by atoms with van der Waals surface area (Å²) in [7, 11) is -3.93. The number of benzene rings is 2. The van der Waals surface area contributed by atoms with E-state index in [0.29, 0.717) is 15.6 Å². The number of nitrogens with one attached hydrogen (secondary N) is 1. The minimum absolute atomic E-state index is 0.0381. The highest BCUT2D eigenvalue weighted by Gasteiger charge is 2.28. The van der Waals surface area contributed by atoms with Crippen molar-refractivity contribution < 1.29 is 13.2 Å². The Balaban J connectivity index is 2.33. The van der Waals surface area contributed by atoms with Crippen LogP contribution in [0.1, 0.15) is 32.3 Å². The number of nitrogens with zero attached hydrogens (tertiary/aromatic N) is 1. The van der Waals surface area contributed by atoms with Crippen molar-refractivity contribution in [3.8, 4) is 0 Å². The van der Waals surface area contributed by atoms with Gasteiger partial charge in [0.25, 0.3) is 0 Å². The third kappa shape index (κ3) is 6.96. The lowest BCUT2D eigenvalue weighted by Gasteiger charge is -2.23. The Hall–Kier alpha value is -1.12. The van der Waals surface area contributed by atoms with E-state index in [1.165, 1.54) is 12.1 Å². The van der Waals surface area contributed by atoms with Crippen molar-refractivity contribution in [1.29, 1.82) is 0 Å². The van der Waals surface area contributed by atoms with Crippen molar-refractivity contribution in [1.82, 2.24) is 9.62 Å². The number of hydrogen-bond acceptors (Lipinski definition) is 3. The van der Waals surface area contributed by atoms with Crippen LogP contribution < -0.4 is 5.32 Å². The van der Waals surface area contributed by atoms with Gasteiger partial charge in [-0.1, -0.05) is 58.5 Å². The number of carbonyl (C=O) groups excluding carboxylic acids is 1. The second kappa shape index (κ2) is 10.8. The van der Waals surface area contributed by atoms with E-state index in [0.717, 1.165) is 21.6 Å². The van der Waals surface area contributed by atoms with Gasteiger partial charge in [0.15, 0.2) is 0 Å². The van der Waals surface area contributed by atoms with Crippen molar-refractivity contribution in [2.24, 2.45) is 0 Å². The van der Waals surface area contributed by atoms with Crippen LogP contribution in [0.25, 0.3) is 0 Å². The average Bonchev–Trinajstić information content (AvgIpc) is 2.63. The first-order chi connectivity index (χ1) is 13.6. The number of rotatable bonds is 9. The molecule has 0 saturated carbocycles. The summed E-state index contributed by atoms with van der Waals surface area (Å²) in [6, 6.07) is 11.1. The fraction of sp³-hybridized carbons (Fsp3) is 0.350. The van der Waals surface area contributed by atoms with Crippen molar-refractivity contribution in [2.75, 3.05) is 6.54 Å². The Morgan fingerprint density at radius 1 is 1.17 bits per heavy atom. The molecule has 0 heterocycles. The highest BCUT2D eigenvalue weighted by atomic mass is 79.9. The normalized spacial score (nSPS) is 12.8. The first-order valence-electron chi connectivity index (χ1n) is 9.12. The molecule has 0 saturated heterocycles. The maximum Gasteiger partial charge on any atom is 0.243 e. The molecule has 158 valence electrons. The Labute approximate surface area is 190 Å². The van der Waals surface area contributed by atoms with Crippen LogP contribution in [0, 0.1) is 0 Å². The molecule has 0 unspecified atom stereocenters. The first kappa shape index (κ1) is 24.2. The van der Waals surface area contributed by atoms with Gasteiger partial charge in [0.05, 0.1) is 11.4 Å². The molecule has 1 atom stereocenters. The van der Waals surface area contributed by atoms with Gasteiger partial charge in [-0.05, 0) is 55.3 Å². The fourth-order valence-corrected chi connectivity index (χ4v) is 4.91. The van der Waals surface area contributed by atoms with E-state index in [9.17, 15) is 13.2 Å². The molecule has 0 aliphatic rings. The molecule has 0 aliphatic heterocycles. The number of carbonyl (C=O) groups is 1. The Morgan fingerprint density at radius 2 is 1.83 bits per heavy atom. The van der Waals surface area contributed by atoms with E-state index in [1.54, 1.807) is 30.3 Å². The maximum absolute atomic E-state index is 13.2. The third-order valence-corrected chi connectivity index (χ3v) is 7.18. The quantitative estimate of drug-likeness (QED) is 0.490. The van der Waals surface area contributed by atoms with Crippen LogP contribution in [-0.4, -0.2) is 31.2 Å². The molecule has 0 fully saturated rings. The topological polar surface area (TPSA) is 66.5 Å². The lowest BCUT2D eigenvalue weighted by atomic mass is 10.2. The second-order valence-corrected chi connectivity index (χ2v) is 10.4. The molecule has 5 nitrogen and oxygen atoms in total.